The number of hydrogen-bond acceptors (Lipinski definition) is 5. The van der Waals surface area contributed by atoms with Crippen LogP contribution in [0.2, 0.25) is 5.02 Å². The van der Waals surface area contributed by atoms with Crippen LogP contribution in [0.1, 0.15) is 69.1 Å². The molecule has 1 aliphatic rings. The molecule has 1 saturated carbocycles. The number of allylic oxidation sites excluding steroid dienone is 1. The number of nitrogens with one attached hydrogen (secondary N) is 1. The van der Waals surface area contributed by atoms with Crippen molar-refractivity contribution in [2.45, 2.75) is 65.1 Å². The monoisotopic (exact) mass is 565 g/mol. The Labute approximate surface area is 231 Å². The Balaban J connectivity index is 0.000000449. The second-order valence-electron chi connectivity index (χ2n) is 9.59. The quantitative estimate of drug-likeness (QED) is 0.237. The summed E-state index contributed by atoms with van der Waals surface area (Å²) in [5.74, 6) is -0.170. The topological polar surface area (TPSA) is 79.7 Å². The molecule has 1 atom stereocenters. The molecule has 4 rings (SSSR count). The molecule has 3 aromatic rings. The van der Waals surface area contributed by atoms with Gasteiger partial charge in [-0.3, -0.25) is 4.99 Å². The van der Waals surface area contributed by atoms with E-state index >= 15 is 0 Å². The van der Waals surface area contributed by atoms with Crippen LogP contribution < -0.4 is 4.74 Å². The number of aliphatic hydroxyl groups is 1. The second-order valence-corrected chi connectivity index (χ2v) is 9.96. The number of nitrogens with zero attached hydrogens (tertiary/aromatic N) is 2. The number of H-pyrrole nitrogens is 1. The number of fused-ring (bicyclic) bond motifs is 1. The normalized spacial score (nSPS) is 19.1. The Bertz CT molecular complexity index is 1310. The number of aromatic nitrogens is 2. The van der Waals surface area contributed by atoms with Crippen molar-refractivity contribution >= 4 is 34.1 Å². The predicted molar refractivity (Wildman–Crippen MR) is 149 cm³/mol. The van der Waals surface area contributed by atoms with Gasteiger partial charge in [0.05, 0.1) is 18.2 Å². The minimum Gasteiger partial charge on any atom is -0.481 e. The molecule has 2 N–H and O–H groups in total. The first-order valence-corrected chi connectivity index (χ1v) is 13.2. The van der Waals surface area contributed by atoms with E-state index in [0.717, 1.165) is 47.4 Å². The number of halogens is 4. The Hall–Kier alpha value is -3.04. The molecule has 0 bridgehead atoms. The average Bonchev–Trinajstić information content (AvgIpc) is 3.34. The fourth-order valence-electron chi connectivity index (χ4n) is 4.81. The van der Waals surface area contributed by atoms with Crippen LogP contribution in [0.5, 0.6) is 5.75 Å². The Morgan fingerprint density at radius 3 is 2.51 bits per heavy atom. The van der Waals surface area contributed by atoms with Crippen molar-refractivity contribution in [2.24, 2.45) is 10.9 Å². The second kappa shape index (κ2) is 13.8. The molecule has 1 fully saturated rings. The molecule has 0 amide bonds. The third-order valence-corrected chi connectivity index (χ3v) is 7.37. The van der Waals surface area contributed by atoms with Gasteiger partial charge in [-0.05, 0) is 62.3 Å². The molecule has 0 spiro atoms. The molecule has 0 aliphatic heterocycles. The molecule has 0 saturated heterocycles. The minimum atomic E-state index is -3.07. The van der Waals surface area contributed by atoms with E-state index in [4.69, 9.17) is 21.4 Å². The van der Waals surface area contributed by atoms with Gasteiger partial charge in [0, 0.05) is 47.4 Å². The van der Waals surface area contributed by atoms with Crippen molar-refractivity contribution in [3.8, 4) is 5.75 Å². The Morgan fingerprint density at radius 1 is 1.26 bits per heavy atom. The standard InChI is InChI=1S/C22H21ClF3N3O2.C7H14O/c1-5-13(21(27-3)30-4)12-8-14-15(10-29-20(14)28-9-12)11(2)18-17(31-22(25)26)7-6-16(24)19(18)23;1-6-2-4-7(8)5-3-6/h5-11,22H,1-4H3,(H,28,29);6-8H,2-5H2,1H3/b13-5-,27-21?;. The van der Waals surface area contributed by atoms with Crippen LogP contribution in [0.3, 0.4) is 0 Å². The third-order valence-electron chi connectivity index (χ3n) is 6.98. The van der Waals surface area contributed by atoms with Crippen LogP contribution in [-0.4, -0.2) is 47.8 Å². The van der Waals surface area contributed by atoms with Crippen LogP contribution in [0.25, 0.3) is 16.6 Å². The highest BCUT2D eigenvalue weighted by atomic mass is 35.5. The van der Waals surface area contributed by atoms with Gasteiger partial charge >= 0.3 is 6.61 Å². The van der Waals surface area contributed by atoms with Gasteiger partial charge in [-0.2, -0.15) is 8.78 Å². The number of rotatable bonds is 6. The Kier molecular flexibility index (Phi) is 10.8. The van der Waals surface area contributed by atoms with Gasteiger partial charge in [0.2, 0.25) is 5.90 Å². The lowest BCUT2D eigenvalue weighted by atomic mass is 9.89. The molecule has 6 nitrogen and oxygen atoms in total. The lowest BCUT2D eigenvalue weighted by Gasteiger charge is -2.21. The molecule has 212 valence electrons. The predicted octanol–water partition coefficient (Wildman–Crippen LogP) is 7.74. The van der Waals surface area contributed by atoms with Crippen molar-refractivity contribution in [2.75, 3.05) is 14.2 Å². The zero-order chi connectivity index (χ0) is 28.7. The number of hydrogen-bond donors (Lipinski definition) is 2. The highest BCUT2D eigenvalue weighted by Gasteiger charge is 2.25. The fraction of sp³-hybridized carbons (Fsp3) is 0.448. The van der Waals surface area contributed by atoms with Crippen LogP contribution in [-0.2, 0) is 4.74 Å². The lowest BCUT2D eigenvalue weighted by Crippen LogP contribution is -2.15. The maximum Gasteiger partial charge on any atom is 0.387 e. The molecule has 1 aromatic carbocycles. The third kappa shape index (κ3) is 7.33. The highest BCUT2D eigenvalue weighted by molar-refractivity contribution is 6.31. The maximum absolute atomic E-state index is 14.2. The molecule has 1 aliphatic carbocycles. The lowest BCUT2D eigenvalue weighted by molar-refractivity contribution is -0.0505. The summed E-state index contributed by atoms with van der Waals surface area (Å²) in [5, 5.41) is 9.48. The van der Waals surface area contributed by atoms with Gasteiger partial charge in [-0.15, -0.1) is 0 Å². The molecule has 1 unspecified atom stereocenters. The van der Waals surface area contributed by atoms with Gasteiger partial charge in [0.1, 0.15) is 17.2 Å². The van der Waals surface area contributed by atoms with E-state index < -0.39 is 18.3 Å². The molecule has 10 heteroatoms. The smallest absolute Gasteiger partial charge is 0.387 e. The number of pyridine rings is 1. The maximum atomic E-state index is 14.2. The zero-order valence-corrected chi connectivity index (χ0v) is 23.5. The van der Waals surface area contributed by atoms with Crippen molar-refractivity contribution in [1.29, 1.82) is 0 Å². The van der Waals surface area contributed by atoms with Crippen LogP contribution in [0.15, 0.2) is 41.7 Å². The molecule has 0 radical (unpaired) electrons. The summed E-state index contributed by atoms with van der Waals surface area (Å²) in [5.41, 5.74) is 2.90. The zero-order valence-electron chi connectivity index (χ0n) is 22.8. The molecular weight excluding hydrogens is 531 g/mol. The van der Waals surface area contributed by atoms with Crippen molar-refractivity contribution in [3.63, 3.8) is 0 Å². The van der Waals surface area contributed by atoms with Gasteiger partial charge < -0.3 is 19.6 Å². The summed E-state index contributed by atoms with van der Waals surface area (Å²) >= 11 is 6.16. The van der Waals surface area contributed by atoms with Gasteiger partial charge in [-0.25, -0.2) is 9.37 Å². The summed E-state index contributed by atoms with van der Waals surface area (Å²) in [7, 11) is 3.15. The van der Waals surface area contributed by atoms with Gasteiger partial charge in [0.15, 0.2) is 0 Å². The minimum absolute atomic E-state index is 0.0196. The van der Waals surface area contributed by atoms with Crippen molar-refractivity contribution in [3.05, 3.63) is 64.2 Å². The summed E-state index contributed by atoms with van der Waals surface area (Å²) in [6.07, 6.45) is 9.74. The number of alkyl halides is 2. The molecular formula is C29H35ClF3N3O3. The van der Waals surface area contributed by atoms with E-state index in [1.807, 2.05) is 19.1 Å². The average molecular weight is 566 g/mol. The summed E-state index contributed by atoms with van der Waals surface area (Å²) in [6.45, 7) is 2.78. The summed E-state index contributed by atoms with van der Waals surface area (Å²) in [6, 6.07) is 4.03. The summed E-state index contributed by atoms with van der Waals surface area (Å²) in [4.78, 5) is 11.6. The largest absolute Gasteiger partial charge is 0.481 e. The number of benzene rings is 1. The Morgan fingerprint density at radius 2 is 1.95 bits per heavy atom. The first kappa shape index (κ1) is 30.5. The molecule has 2 aromatic heterocycles. The number of aliphatic hydroxyl groups excluding tert-OH is 1. The van der Waals surface area contributed by atoms with Crippen LogP contribution in [0, 0.1) is 11.7 Å². The van der Waals surface area contributed by atoms with Crippen LogP contribution in [0.4, 0.5) is 13.2 Å². The van der Waals surface area contributed by atoms with Gasteiger partial charge in [0.25, 0.3) is 0 Å². The van der Waals surface area contributed by atoms with E-state index in [9.17, 15) is 13.2 Å². The molecule has 39 heavy (non-hydrogen) atoms. The highest BCUT2D eigenvalue weighted by Crippen LogP contribution is 2.41. The molecule has 2 heterocycles. The van der Waals surface area contributed by atoms with E-state index in [2.05, 4.69) is 26.6 Å². The summed E-state index contributed by atoms with van der Waals surface area (Å²) < 4.78 is 49.9. The SMILES string of the molecule is C/C=C(\C(=NC)OC)c1cnc2[nH]cc(C(C)c3c(OC(F)F)ccc(F)c3Cl)c2c1.CC1CCC(O)CC1. The van der Waals surface area contributed by atoms with E-state index in [1.165, 1.54) is 20.0 Å². The van der Waals surface area contributed by atoms with E-state index in [1.54, 1.807) is 26.4 Å². The van der Waals surface area contributed by atoms with Crippen LogP contribution >= 0.6 is 11.6 Å². The van der Waals surface area contributed by atoms with E-state index in [0.29, 0.717) is 17.1 Å². The fourth-order valence-corrected chi connectivity index (χ4v) is 5.13. The van der Waals surface area contributed by atoms with Crippen molar-refractivity contribution in [1.82, 2.24) is 9.97 Å². The number of methoxy groups -OCH3 is 1. The number of aliphatic imine (C=N–C) groups is 1. The van der Waals surface area contributed by atoms with E-state index in [-0.39, 0.29) is 22.4 Å². The first-order valence-electron chi connectivity index (χ1n) is 12.9. The van der Waals surface area contributed by atoms with Crippen molar-refractivity contribution < 1.29 is 27.8 Å². The first-order chi connectivity index (χ1) is 18.6. The number of aromatic amines is 1. The van der Waals surface area contributed by atoms with Gasteiger partial charge in [-0.1, -0.05) is 31.5 Å². The number of ether oxygens (including phenoxy) is 2.